The Balaban J connectivity index is 0.000000169. The molecular weight excluding hydrogens is 660 g/mol. The van der Waals surface area contributed by atoms with Gasteiger partial charge in [0, 0.05) is 17.1 Å². The van der Waals surface area contributed by atoms with Crippen molar-refractivity contribution in [1.29, 1.82) is 0 Å². The van der Waals surface area contributed by atoms with Gasteiger partial charge in [-0.2, -0.15) is 0 Å². The molecule has 45 heavy (non-hydrogen) atoms. The van der Waals surface area contributed by atoms with Gasteiger partial charge in [0.15, 0.2) is 0 Å². The van der Waals surface area contributed by atoms with E-state index >= 15 is 0 Å². The fourth-order valence-electron chi connectivity index (χ4n) is 3.97. The molecule has 9 nitrogen and oxygen atoms in total. The summed E-state index contributed by atoms with van der Waals surface area (Å²) in [5.74, 6) is -0.177. The summed E-state index contributed by atoms with van der Waals surface area (Å²) in [4.78, 5) is 50.0. The van der Waals surface area contributed by atoms with Crippen LogP contribution in [0.2, 0.25) is 0 Å². The van der Waals surface area contributed by atoms with Crippen molar-refractivity contribution in [1.82, 2.24) is 0 Å². The predicted octanol–water partition coefficient (Wildman–Crippen LogP) is 3.83. The largest absolute Gasteiger partial charge is 4.00 e. The number of aliphatic imine (C=N–C) groups is 3. The van der Waals surface area contributed by atoms with Crippen molar-refractivity contribution < 1.29 is 36.1 Å². The van der Waals surface area contributed by atoms with Crippen LogP contribution in [0.5, 0.6) is 0 Å². The molecule has 0 bridgehead atoms. The minimum atomic E-state index is -0.0591. The summed E-state index contributed by atoms with van der Waals surface area (Å²) in [5.41, 5.74) is 2.37. The number of hydrogen-bond acceptors (Lipinski definition) is 9. The van der Waals surface area contributed by atoms with Gasteiger partial charge in [0.2, 0.25) is 0 Å². The Morgan fingerprint density at radius 3 is 0.822 bits per heavy atom. The maximum Gasteiger partial charge on any atom is 4.00 e. The van der Waals surface area contributed by atoms with E-state index in [1.165, 1.54) is 14.7 Å². The molecule has 223 valence electrons. The molecule has 3 heterocycles. The van der Waals surface area contributed by atoms with E-state index in [2.05, 4.69) is 15.0 Å². The van der Waals surface area contributed by atoms with Crippen molar-refractivity contribution in [3.63, 3.8) is 0 Å². The van der Waals surface area contributed by atoms with Crippen molar-refractivity contribution in [2.45, 2.75) is 0 Å². The normalized spacial score (nSPS) is 16.7. The summed E-state index contributed by atoms with van der Waals surface area (Å²) >= 11 is 14.8. The summed E-state index contributed by atoms with van der Waals surface area (Å²) in [7, 11) is 0. The summed E-state index contributed by atoms with van der Waals surface area (Å²) in [6.07, 6.45) is 10.0. The van der Waals surface area contributed by atoms with Crippen LogP contribution >= 0.6 is 0 Å². The second-order valence-corrected chi connectivity index (χ2v) is 10.0. The first-order chi connectivity index (χ1) is 21.4. The molecule has 3 aromatic rings. The first kappa shape index (κ1) is 35.9. The molecule has 1 aliphatic carbocycles. The molecule has 0 N–H and O–H groups in total. The number of hydrogen-bond donors (Lipinski definition) is 0. The Hall–Kier alpha value is -3.55. The number of rotatable bonds is 3. The van der Waals surface area contributed by atoms with Gasteiger partial charge in [0.05, 0.1) is 0 Å². The molecule has 7 rings (SSSR count). The van der Waals surface area contributed by atoms with Crippen LogP contribution in [0.25, 0.3) is 0 Å². The van der Waals surface area contributed by atoms with Crippen LogP contribution in [0.15, 0.2) is 106 Å². The van der Waals surface area contributed by atoms with Crippen molar-refractivity contribution in [3.8, 4) is 0 Å². The summed E-state index contributed by atoms with van der Waals surface area (Å²) in [6, 6.07) is 27.9. The monoisotopic (exact) mass is 686 g/mol. The number of carbonyl (C=O) groups excluding carboxylic acids is 3. The first-order valence-corrected chi connectivity index (χ1v) is 14.5. The van der Waals surface area contributed by atoms with Crippen LogP contribution in [0.3, 0.4) is 0 Å². The third-order valence-electron chi connectivity index (χ3n) is 5.97. The van der Waals surface area contributed by atoms with E-state index in [4.69, 9.17) is 37.9 Å². The second kappa shape index (κ2) is 18.4. The Kier molecular flexibility index (Phi) is 14.7. The Bertz CT molecular complexity index is 1340. The summed E-state index contributed by atoms with van der Waals surface area (Å²) < 4.78 is 0. The van der Waals surface area contributed by atoms with Gasteiger partial charge in [-0.25, -0.2) is 0 Å². The molecule has 0 aromatic heterocycles. The molecule has 0 atom stereocenters. The van der Waals surface area contributed by atoms with Crippen molar-refractivity contribution in [2.24, 2.45) is 15.0 Å². The number of anilines is 3. The van der Waals surface area contributed by atoms with Gasteiger partial charge >= 0.3 is 21.7 Å². The van der Waals surface area contributed by atoms with Crippen molar-refractivity contribution in [3.05, 3.63) is 123 Å². The topological polar surface area (TPSA) is 98.0 Å². The fourth-order valence-corrected chi connectivity index (χ4v) is 4.78. The molecule has 3 amide bonds. The van der Waals surface area contributed by atoms with Crippen LogP contribution in [0.4, 0.5) is 17.1 Å². The van der Waals surface area contributed by atoms with Crippen LogP contribution in [0, 0.1) is 32.1 Å². The van der Waals surface area contributed by atoms with E-state index in [9.17, 15) is 14.4 Å². The van der Waals surface area contributed by atoms with Crippen molar-refractivity contribution in [2.75, 3.05) is 34.3 Å². The van der Waals surface area contributed by atoms with Gasteiger partial charge < -0.3 is 37.9 Å². The molecule has 5 radical (unpaired) electrons. The average Bonchev–Trinajstić information content (AvgIpc) is 3.86. The summed E-state index contributed by atoms with van der Waals surface area (Å²) in [5, 5.41) is 1.07. The fraction of sp³-hybridized carbons (Fsp3) is 0.0938. The smallest absolute Gasteiger partial charge is 0.742 e. The standard InChI is InChI=1S/3C9H8N2OS.C5H5.Ti/c3*12-8-6-10-9(13)11(8)7-4-2-1-3-5-7;1-2-4-5-3-1;/h3*1-5H,6H2,(H,10,13);1-5H;/q;;;;+4/p-3. The minimum absolute atomic E-state index is 0. The number of para-hydroxylation sites is 3. The third kappa shape index (κ3) is 10.2. The minimum Gasteiger partial charge on any atom is -0.742 e. The first-order valence-electron chi connectivity index (χ1n) is 13.3. The molecule has 0 unspecified atom stereocenters. The van der Waals surface area contributed by atoms with Gasteiger partial charge in [-0.3, -0.25) is 44.1 Å². The second-order valence-electron chi connectivity index (χ2n) is 8.95. The molecule has 3 aliphatic heterocycles. The Morgan fingerprint density at radius 2 is 0.644 bits per heavy atom. The molecule has 1 saturated carbocycles. The number of nitrogens with zero attached hydrogens (tertiary/aromatic N) is 6. The molecular formula is C32H26N6O3S3Ti+. The van der Waals surface area contributed by atoms with E-state index in [0.29, 0.717) is 15.5 Å². The number of benzene rings is 3. The van der Waals surface area contributed by atoms with Crippen LogP contribution in [0.1, 0.15) is 0 Å². The van der Waals surface area contributed by atoms with Crippen LogP contribution in [-0.4, -0.2) is 52.9 Å². The quantitative estimate of drug-likeness (QED) is 0.307. The maximum absolute atomic E-state index is 11.3. The Morgan fingerprint density at radius 1 is 0.422 bits per heavy atom. The SMILES string of the molecule is O=C1CN=C([S-])N1c1ccccc1.O=C1CN=C([S-])N1c1ccccc1.O=C1CN=C([S-])N1c1ccccc1.[CH]1[CH][CH][CH][CH]1.[Ti+4]. The van der Waals surface area contributed by atoms with E-state index in [0.717, 1.165) is 17.1 Å². The van der Waals surface area contributed by atoms with Gasteiger partial charge in [-0.05, 0) is 84.0 Å². The molecule has 1 fully saturated rings. The van der Waals surface area contributed by atoms with Crippen molar-refractivity contribution >= 4 is 88.2 Å². The number of carbonyl (C=O) groups is 3. The molecule has 3 aromatic carbocycles. The van der Waals surface area contributed by atoms with Gasteiger partial charge in [-0.15, -0.1) is 0 Å². The van der Waals surface area contributed by atoms with Gasteiger partial charge in [0.25, 0.3) is 17.7 Å². The summed E-state index contributed by atoms with van der Waals surface area (Å²) in [6.45, 7) is 0.523. The zero-order chi connectivity index (χ0) is 31.3. The van der Waals surface area contributed by atoms with E-state index in [1.54, 1.807) is 0 Å². The molecule has 0 saturated heterocycles. The average molecular weight is 687 g/mol. The van der Waals surface area contributed by atoms with Crippen LogP contribution < -0.4 is 14.7 Å². The van der Waals surface area contributed by atoms with Gasteiger partial charge in [0.1, 0.15) is 19.6 Å². The maximum atomic E-state index is 11.3. The molecule has 13 heteroatoms. The molecule has 0 spiro atoms. The predicted molar refractivity (Wildman–Crippen MR) is 182 cm³/mol. The van der Waals surface area contributed by atoms with E-state index in [1.807, 2.05) is 123 Å². The zero-order valence-electron chi connectivity index (χ0n) is 23.8. The van der Waals surface area contributed by atoms with Crippen LogP contribution in [-0.2, 0) is 74.0 Å². The number of amides is 3. The third-order valence-corrected chi connectivity index (χ3v) is 6.90. The zero-order valence-corrected chi connectivity index (χ0v) is 27.8. The Labute approximate surface area is 295 Å². The number of amidine groups is 3. The molecule has 4 aliphatic rings. The van der Waals surface area contributed by atoms with E-state index in [-0.39, 0.29) is 59.1 Å². The van der Waals surface area contributed by atoms with Gasteiger partial charge in [-0.1, -0.05) is 54.6 Å². The van der Waals surface area contributed by atoms with E-state index < -0.39 is 0 Å².